The fourth-order valence-corrected chi connectivity index (χ4v) is 4.16. The predicted octanol–water partition coefficient (Wildman–Crippen LogP) is 3.94. The third-order valence-electron chi connectivity index (χ3n) is 4.01. The lowest BCUT2D eigenvalue weighted by Gasteiger charge is -2.19. The first-order valence-electron chi connectivity index (χ1n) is 7.23. The summed E-state index contributed by atoms with van der Waals surface area (Å²) in [5.74, 6) is 1.01. The summed E-state index contributed by atoms with van der Waals surface area (Å²) in [6, 6.07) is 5.61. The number of thioether (sulfide) groups is 1. The average molecular weight is 281 g/mol. The number of likely N-dealkylation sites (N-methyl/N-ethyl adjacent to an activating group) is 1. The van der Waals surface area contributed by atoms with E-state index in [2.05, 4.69) is 17.1 Å². The van der Waals surface area contributed by atoms with E-state index >= 15 is 0 Å². The van der Waals surface area contributed by atoms with Gasteiger partial charge in [-0.3, -0.25) is 0 Å². The van der Waals surface area contributed by atoms with Gasteiger partial charge < -0.3 is 5.32 Å². The van der Waals surface area contributed by atoms with Gasteiger partial charge in [0.1, 0.15) is 5.82 Å². The topological polar surface area (TPSA) is 12.0 Å². The molecule has 1 aliphatic carbocycles. The van der Waals surface area contributed by atoms with Gasteiger partial charge in [-0.15, -0.1) is 0 Å². The number of rotatable bonds is 6. The van der Waals surface area contributed by atoms with Crippen molar-refractivity contribution in [3.8, 4) is 0 Å². The third-order valence-corrected chi connectivity index (χ3v) is 5.55. The lowest BCUT2D eigenvalue weighted by atomic mass is 10.0. The van der Waals surface area contributed by atoms with E-state index in [9.17, 15) is 4.39 Å². The molecule has 0 bridgehead atoms. The van der Waals surface area contributed by atoms with Crippen molar-refractivity contribution in [2.24, 2.45) is 0 Å². The summed E-state index contributed by atoms with van der Waals surface area (Å²) in [4.78, 5) is 0. The van der Waals surface area contributed by atoms with Crippen molar-refractivity contribution in [1.82, 2.24) is 5.32 Å². The Morgan fingerprint density at radius 3 is 2.74 bits per heavy atom. The quantitative estimate of drug-likeness (QED) is 0.847. The molecule has 0 radical (unpaired) electrons. The summed E-state index contributed by atoms with van der Waals surface area (Å²) in [6.45, 7) is 2.00. The highest BCUT2D eigenvalue weighted by Gasteiger charge is 2.17. The second-order valence-electron chi connectivity index (χ2n) is 5.50. The summed E-state index contributed by atoms with van der Waals surface area (Å²) in [6.07, 6.45) is 6.56. The van der Waals surface area contributed by atoms with Crippen molar-refractivity contribution in [3.05, 3.63) is 35.1 Å². The molecule has 1 unspecified atom stereocenters. The minimum absolute atomic E-state index is 0.136. The Balaban J connectivity index is 1.86. The van der Waals surface area contributed by atoms with Gasteiger partial charge in [0.15, 0.2) is 0 Å². The summed E-state index contributed by atoms with van der Waals surface area (Å²) < 4.78 is 13.1. The number of halogens is 1. The first-order valence-corrected chi connectivity index (χ1v) is 8.28. The van der Waals surface area contributed by atoms with Crippen LogP contribution in [0, 0.1) is 12.7 Å². The van der Waals surface area contributed by atoms with Crippen LogP contribution in [-0.2, 0) is 6.42 Å². The molecule has 1 aromatic rings. The van der Waals surface area contributed by atoms with Crippen molar-refractivity contribution < 1.29 is 4.39 Å². The average Bonchev–Trinajstić information content (AvgIpc) is 2.90. The lowest BCUT2D eigenvalue weighted by molar-refractivity contribution is 0.606. The van der Waals surface area contributed by atoms with Crippen molar-refractivity contribution in [2.45, 2.75) is 50.3 Å². The Hall–Kier alpha value is -0.540. The first-order chi connectivity index (χ1) is 9.19. The van der Waals surface area contributed by atoms with Crippen LogP contribution in [0.15, 0.2) is 18.2 Å². The van der Waals surface area contributed by atoms with Gasteiger partial charge >= 0.3 is 0 Å². The van der Waals surface area contributed by atoms with Crippen LogP contribution in [0.25, 0.3) is 0 Å². The summed E-state index contributed by atoms with van der Waals surface area (Å²) in [7, 11) is 2.03. The van der Waals surface area contributed by atoms with Gasteiger partial charge in [0, 0.05) is 17.0 Å². The Labute approximate surface area is 120 Å². The molecule has 1 N–H and O–H groups in total. The van der Waals surface area contributed by atoms with Crippen LogP contribution in [0.4, 0.5) is 4.39 Å². The molecule has 0 heterocycles. The van der Waals surface area contributed by atoms with Gasteiger partial charge in [-0.2, -0.15) is 11.8 Å². The van der Waals surface area contributed by atoms with Crippen LogP contribution < -0.4 is 5.32 Å². The van der Waals surface area contributed by atoms with Gasteiger partial charge in [0.2, 0.25) is 0 Å². The Kier molecular flexibility index (Phi) is 5.71. The predicted molar refractivity (Wildman–Crippen MR) is 82.4 cm³/mol. The molecular formula is C16H24FNS. The molecule has 1 atom stereocenters. The van der Waals surface area contributed by atoms with Crippen LogP contribution >= 0.6 is 11.8 Å². The largest absolute Gasteiger partial charge is 0.316 e. The fraction of sp³-hybridized carbons (Fsp3) is 0.625. The SMILES string of the molecule is CNC(CSC1CCCC1)Cc1ccc(F)cc1C. The highest BCUT2D eigenvalue weighted by Crippen LogP contribution is 2.30. The zero-order valence-electron chi connectivity index (χ0n) is 11.9. The maximum atomic E-state index is 13.1. The van der Waals surface area contributed by atoms with Crippen LogP contribution in [0.1, 0.15) is 36.8 Å². The molecule has 0 amide bonds. The van der Waals surface area contributed by atoms with Gasteiger partial charge in [-0.05, 0) is 56.5 Å². The molecule has 1 saturated carbocycles. The van der Waals surface area contributed by atoms with E-state index in [0.29, 0.717) is 6.04 Å². The van der Waals surface area contributed by atoms with Crippen LogP contribution in [0.2, 0.25) is 0 Å². The number of benzene rings is 1. The van der Waals surface area contributed by atoms with E-state index in [1.54, 1.807) is 12.1 Å². The molecule has 19 heavy (non-hydrogen) atoms. The van der Waals surface area contributed by atoms with Crippen molar-refractivity contribution >= 4 is 11.8 Å². The summed E-state index contributed by atoms with van der Waals surface area (Å²) in [5, 5.41) is 4.27. The number of aryl methyl sites for hydroxylation is 1. The zero-order valence-corrected chi connectivity index (χ0v) is 12.7. The minimum atomic E-state index is -0.136. The van der Waals surface area contributed by atoms with Crippen molar-refractivity contribution in [1.29, 1.82) is 0 Å². The fourth-order valence-electron chi connectivity index (χ4n) is 2.71. The molecule has 0 spiro atoms. The van der Waals surface area contributed by atoms with Crippen molar-refractivity contribution in [2.75, 3.05) is 12.8 Å². The Bertz CT molecular complexity index is 402. The molecule has 1 fully saturated rings. The molecule has 0 saturated heterocycles. The van der Waals surface area contributed by atoms with E-state index < -0.39 is 0 Å². The summed E-state index contributed by atoms with van der Waals surface area (Å²) in [5.41, 5.74) is 2.32. The maximum Gasteiger partial charge on any atom is 0.123 e. The number of hydrogen-bond acceptors (Lipinski definition) is 2. The molecule has 1 aromatic carbocycles. The smallest absolute Gasteiger partial charge is 0.123 e. The molecular weight excluding hydrogens is 257 g/mol. The van der Waals surface area contributed by atoms with E-state index in [1.165, 1.54) is 31.2 Å². The van der Waals surface area contributed by atoms with Crippen LogP contribution in [-0.4, -0.2) is 24.1 Å². The van der Waals surface area contributed by atoms with Gasteiger partial charge in [-0.25, -0.2) is 4.39 Å². The highest BCUT2D eigenvalue weighted by molar-refractivity contribution is 7.99. The van der Waals surface area contributed by atoms with E-state index in [-0.39, 0.29) is 5.82 Å². The van der Waals surface area contributed by atoms with Gasteiger partial charge in [0.25, 0.3) is 0 Å². The van der Waals surface area contributed by atoms with Crippen molar-refractivity contribution in [3.63, 3.8) is 0 Å². The zero-order chi connectivity index (χ0) is 13.7. The molecule has 0 aromatic heterocycles. The van der Waals surface area contributed by atoms with E-state index in [4.69, 9.17) is 0 Å². The Morgan fingerprint density at radius 1 is 1.37 bits per heavy atom. The standard InChI is InChI=1S/C16H24FNS/c1-12-9-14(17)8-7-13(12)10-15(18-2)11-19-16-5-3-4-6-16/h7-9,15-16,18H,3-6,10-11H2,1-2H3. The Morgan fingerprint density at radius 2 is 2.11 bits per heavy atom. The highest BCUT2D eigenvalue weighted by atomic mass is 32.2. The van der Waals surface area contributed by atoms with Crippen LogP contribution in [0.3, 0.4) is 0 Å². The van der Waals surface area contributed by atoms with Crippen LogP contribution in [0.5, 0.6) is 0 Å². The van der Waals surface area contributed by atoms with Gasteiger partial charge in [0.05, 0.1) is 0 Å². The monoisotopic (exact) mass is 281 g/mol. The normalized spacial score (nSPS) is 17.8. The molecule has 106 valence electrons. The molecule has 2 rings (SSSR count). The lowest BCUT2D eigenvalue weighted by Crippen LogP contribution is -2.31. The molecule has 0 aliphatic heterocycles. The van der Waals surface area contributed by atoms with E-state index in [0.717, 1.165) is 23.0 Å². The first kappa shape index (κ1) is 14.9. The second-order valence-corrected chi connectivity index (χ2v) is 6.83. The minimum Gasteiger partial charge on any atom is -0.316 e. The number of nitrogens with one attached hydrogen (secondary N) is 1. The third kappa shape index (κ3) is 4.50. The molecule has 1 aliphatic rings. The van der Waals surface area contributed by atoms with Gasteiger partial charge in [-0.1, -0.05) is 18.9 Å². The molecule has 3 heteroatoms. The van der Waals surface area contributed by atoms with E-state index in [1.807, 2.05) is 20.0 Å². The second kappa shape index (κ2) is 7.30. The summed E-state index contributed by atoms with van der Waals surface area (Å²) >= 11 is 2.11. The number of hydrogen-bond donors (Lipinski definition) is 1. The maximum absolute atomic E-state index is 13.1. The molecule has 1 nitrogen and oxygen atoms in total.